The van der Waals surface area contributed by atoms with Gasteiger partial charge in [0.05, 0.1) is 16.9 Å². The third-order valence-electron chi connectivity index (χ3n) is 7.38. The number of carbonyl (C=O) groups excluding carboxylic acids is 1. The Morgan fingerprint density at radius 3 is 2.57 bits per heavy atom. The maximum absolute atomic E-state index is 12.8. The third-order valence-corrected chi connectivity index (χ3v) is 7.38. The molecule has 10 heteroatoms. The number of anilines is 2. The molecule has 1 aliphatic heterocycles. The Labute approximate surface area is 212 Å². The molecule has 7 nitrogen and oxygen atoms in total. The van der Waals surface area contributed by atoms with Crippen molar-refractivity contribution in [2.75, 3.05) is 11.9 Å². The van der Waals surface area contributed by atoms with Gasteiger partial charge in [-0.25, -0.2) is 14.8 Å². The van der Waals surface area contributed by atoms with E-state index in [1.807, 2.05) is 20.8 Å². The summed E-state index contributed by atoms with van der Waals surface area (Å²) in [7, 11) is 0. The number of fused-ring (bicyclic) bond motifs is 2. The predicted molar refractivity (Wildman–Crippen MR) is 131 cm³/mol. The van der Waals surface area contributed by atoms with Gasteiger partial charge in [-0.15, -0.1) is 0 Å². The minimum atomic E-state index is -4.49. The molecule has 3 heterocycles. The van der Waals surface area contributed by atoms with Crippen molar-refractivity contribution in [2.45, 2.75) is 63.8 Å². The van der Waals surface area contributed by atoms with E-state index in [9.17, 15) is 23.1 Å². The van der Waals surface area contributed by atoms with Crippen molar-refractivity contribution in [3.05, 3.63) is 53.3 Å². The fraction of sp³-hybridized carbons (Fsp3) is 0.444. The lowest BCUT2D eigenvalue weighted by Crippen LogP contribution is -2.39. The van der Waals surface area contributed by atoms with Crippen LogP contribution >= 0.6 is 0 Å². The molecule has 1 fully saturated rings. The second kappa shape index (κ2) is 8.58. The third kappa shape index (κ3) is 4.82. The van der Waals surface area contributed by atoms with Gasteiger partial charge in [-0.2, -0.15) is 13.2 Å². The molecule has 3 aromatic rings. The van der Waals surface area contributed by atoms with E-state index in [1.54, 1.807) is 31.2 Å². The van der Waals surface area contributed by atoms with E-state index in [2.05, 4.69) is 15.3 Å². The first kappa shape index (κ1) is 25.3. The maximum Gasteiger partial charge on any atom is 0.422 e. The van der Waals surface area contributed by atoms with Crippen LogP contribution in [0, 0.1) is 5.92 Å². The first-order chi connectivity index (χ1) is 17.3. The number of nitrogens with zero attached hydrogens (tertiary/aromatic N) is 2. The molecule has 1 aliphatic carbocycles. The predicted octanol–water partition coefficient (Wildman–Crippen LogP) is 5.98. The van der Waals surface area contributed by atoms with Gasteiger partial charge < -0.3 is 19.9 Å². The van der Waals surface area contributed by atoms with E-state index in [1.165, 1.54) is 12.3 Å². The molecule has 1 saturated carbocycles. The fourth-order valence-electron chi connectivity index (χ4n) is 4.76. The zero-order valence-corrected chi connectivity index (χ0v) is 20.9. The van der Waals surface area contributed by atoms with Crippen molar-refractivity contribution in [2.24, 2.45) is 5.92 Å². The van der Waals surface area contributed by atoms with Crippen molar-refractivity contribution in [1.82, 2.24) is 9.97 Å². The molecule has 2 aliphatic rings. The smallest absolute Gasteiger partial charge is 0.422 e. The highest BCUT2D eigenvalue weighted by Gasteiger charge is 2.43. The molecule has 0 saturated heterocycles. The van der Waals surface area contributed by atoms with Crippen LogP contribution in [0.1, 0.15) is 68.1 Å². The van der Waals surface area contributed by atoms with Crippen LogP contribution in [0.2, 0.25) is 0 Å². The number of hydrogen-bond acceptors (Lipinski definition) is 7. The largest absolute Gasteiger partial charge is 0.483 e. The van der Waals surface area contributed by atoms with Crippen LogP contribution in [0.25, 0.3) is 10.8 Å². The van der Waals surface area contributed by atoms with Gasteiger partial charge in [0.15, 0.2) is 6.61 Å². The Hall–Kier alpha value is -3.40. The molecule has 37 heavy (non-hydrogen) atoms. The van der Waals surface area contributed by atoms with E-state index in [-0.39, 0.29) is 17.6 Å². The number of alkyl halides is 3. The summed E-state index contributed by atoms with van der Waals surface area (Å²) in [4.78, 5) is 21.4. The van der Waals surface area contributed by atoms with Crippen LogP contribution in [-0.2, 0) is 10.3 Å². The first-order valence-electron chi connectivity index (χ1n) is 12.1. The van der Waals surface area contributed by atoms with Gasteiger partial charge >= 0.3 is 12.1 Å². The Balaban J connectivity index is 1.54. The Morgan fingerprint density at radius 2 is 1.89 bits per heavy atom. The standard InChI is InChI=1S/C27H28F3N3O4/c1-14-23-16(24(34)37-25(14,2)3)7-10-21(33-23)32-22-11-17-18(12-31-22)20(36-13-27(28,29)30)9-8-19(17)26(4,35)15-5-6-15/h7-12,14-15,35H,5-6,13H2,1-4H3,(H,31,32,33)/t14-,26+/m1/s1. The zero-order valence-electron chi connectivity index (χ0n) is 20.9. The lowest BCUT2D eigenvalue weighted by atomic mass is 9.84. The summed E-state index contributed by atoms with van der Waals surface area (Å²) in [6.07, 6.45) is -1.33. The molecule has 0 spiro atoms. The normalized spacial score (nSPS) is 20.6. The van der Waals surface area contributed by atoms with Gasteiger partial charge in [-0.3, -0.25) is 0 Å². The minimum absolute atomic E-state index is 0.0307. The van der Waals surface area contributed by atoms with Crippen LogP contribution in [0.4, 0.5) is 24.8 Å². The number of esters is 1. The number of pyridine rings is 2. The number of nitrogens with one attached hydrogen (secondary N) is 1. The lowest BCUT2D eigenvalue weighted by Gasteiger charge is -2.36. The summed E-state index contributed by atoms with van der Waals surface area (Å²) >= 11 is 0. The van der Waals surface area contributed by atoms with Gasteiger partial charge in [-0.1, -0.05) is 13.0 Å². The van der Waals surface area contributed by atoms with Crippen molar-refractivity contribution in [3.8, 4) is 5.75 Å². The van der Waals surface area contributed by atoms with Gasteiger partial charge in [0.2, 0.25) is 0 Å². The molecule has 2 atom stereocenters. The molecule has 0 radical (unpaired) electrons. The van der Waals surface area contributed by atoms with Crippen LogP contribution in [-0.4, -0.2) is 39.4 Å². The van der Waals surface area contributed by atoms with E-state index >= 15 is 0 Å². The summed E-state index contributed by atoms with van der Waals surface area (Å²) in [6, 6.07) is 8.02. The number of carbonyl (C=O) groups is 1. The Morgan fingerprint density at radius 1 is 1.16 bits per heavy atom. The van der Waals surface area contributed by atoms with Crippen molar-refractivity contribution in [1.29, 1.82) is 0 Å². The number of hydrogen-bond donors (Lipinski definition) is 2. The zero-order chi connectivity index (χ0) is 26.8. The SMILES string of the molecule is C[C@@H]1c2nc(Nc3cc4c([C@@](C)(O)C5CC5)ccc(OCC(F)(F)F)c4cn3)ccc2C(=O)OC1(C)C. The van der Waals surface area contributed by atoms with Crippen LogP contribution in [0.5, 0.6) is 5.75 Å². The van der Waals surface area contributed by atoms with E-state index in [0.717, 1.165) is 12.8 Å². The summed E-state index contributed by atoms with van der Waals surface area (Å²) in [6.45, 7) is 5.88. The number of benzene rings is 1. The van der Waals surface area contributed by atoms with Crippen LogP contribution < -0.4 is 10.1 Å². The number of halogens is 3. The first-order valence-corrected chi connectivity index (χ1v) is 12.1. The van der Waals surface area contributed by atoms with Crippen molar-refractivity contribution < 1.29 is 32.5 Å². The summed E-state index contributed by atoms with van der Waals surface area (Å²) in [5.41, 5.74) is -0.283. The number of cyclic esters (lactones) is 1. The average Bonchev–Trinajstić information content (AvgIpc) is 3.66. The highest BCUT2D eigenvalue weighted by Crippen LogP contribution is 2.48. The summed E-state index contributed by atoms with van der Waals surface area (Å²) in [5, 5.41) is 15.3. The molecular weight excluding hydrogens is 487 g/mol. The topological polar surface area (TPSA) is 93.6 Å². The summed E-state index contributed by atoms with van der Waals surface area (Å²) < 4.78 is 49.1. The van der Waals surface area contributed by atoms with E-state index < -0.39 is 30.0 Å². The van der Waals surface area contributed by atoms with Gasteiger partial charge in [-0.05, 0) is 74.7 Å². The van der Waals surface area contributed by atoms with Crippen LogP contribution in [0.15, 0.2) is 36.5 Å². The van der Waals surface area contributed by atoms with Crippen molar-refractivity contribution in [3.63, 3.8) is 0 Å². The maximum atomic E-state index is 12.8. The Bertz CT molecular complexity index is 1380. The van der Waals surface area contributed by atoms with Gasteiger partial charge in [0.1, 0.15) is 23.0 Å². The summed E-state index contributed by atoms with van der Waals surface area (Å²) in [5.74, 6) is 0.339. The quantitative estimate of drug-likeness (QED) is 0.390. The highest BCUT2D eigenvalue weighted by atomic mass is 19.4. The second-order valence-corrected chi connectivity index (χ2v) is 10.5. The van der Waals surface area contributed by atoms with Gasteiger partial charge in [0.25, 0.3) is 0 Å². The monoisotopic (exact) mass is 515 g/mol. The van der Waals surface area contributed by atoms with E-state index in [0.29, 0.717) is 39.2 Å². The molecule has 0 unspecified atom stereocenters. The second-order valence-electron chi connectivity index (χ2n) is 10.5. The number of ether oxygens (including phenoxy) is 2. The highest BCUT2D eigenvalue weighted by molar-refractivity contribution is 5.94. The number of rotatable bonds is 6. The minimum Gasteiger partial charge on any atom is -0.483 e. The average molecular weight is 516 g/mol. The van der Waals surface area contributed by atoms with Gasteiger partial charge in [0, 0.05) is 17.5 Å². The molecule has 2 aromatic heterocycles. The molecule has 0 bridgehead atoms. The Kier molecular flexibility index (Phi) is 5.86. The molecule has 0 amide bonds. The molecular formula is C27H28F3N3O4. The molecule has 196 valence electrons. The molecule has 2 N–H and O–H groups in total. The van der Waals surface area contributed by atoms with E-state index in [4.69, 9.17) is 9.47 Å². The fourth-order valence-corrected chi connectivity index (χ4v) is 4.76. The van der Waals surface area contributed by atoms with Crippen LogP contribution in [0.3, 0.4) is 0 Å². The molecule has 1 aromatic carbocycles. The number of aromatic nitrogens is 2. The number of aliphatic hydroxyl groups is 1. The van der Waals surface area contributed by atoms with Crippen molar-refractivity contribution >= 4 is 28.4 Å². The molecule has 5 rings (SSSR count). The lowest BCUT2D eigenvalue weighted by molar-refractivity contribution is -0.153.